The molecule has 0 heterocycles. The minimum atomic E-state index is 0.0405. The summed E-state index contributed by atoms with van der Waals surface area (Å²) in [5, 5.41) is 9.04. The molecule has 0 aromatic carbocycles. The van der Waals surface area contributed by atoms with Crippen LogP contribution in [0.2, 0.25) is 0 Å². The SMILES string of the molecule is CC(CO)N(C)CC(=O)N(C)C1CCCCC1. The summed E-state index contributed by atoms with van der Waals surface area (Å²) >= 11 is 0. The number of carbonyl (C=O) groups excluding carboxylic acids is 1. The molecule has 100 valence electrons. The van der Waals surface area contributed by atoms with Crippen LogP contribution < -0.4 is 0 Å². The van der Waals surface area contributed by atoms with E-state index in [0.29, 0.717) is 12.6 Å². The third-order valence-electron chi connectivity index (χ3n) is 3.92. The van der Waals surface area contributed by atoms with Gasteiger partial charge in [-0.15, -0.1) is 0 Å². The predicted molar refractivity (Wildman–Crippen MR) is 68.8 cm³/mol. The van der Waals surface area contributed by atoms with Gasteiger partial charge in [0.25, 0.3) is 0 Å². The van der Waals surface area contributed by atoms with Gasteiger partial charge in [-0.05, 0) is 26.8 Å². The third-order valence-corrected chi connectivity index (χ3v) is 3.92. The number of carbonyl (C=O) groups is 1. The second kappa shape index (κ2) is 6.97. The van der Waals surface area contributed by atoms with Crippen LogP contribution in [0.15, 0.2) is 0 Å². The number of nitrogens with zero attached hydrogens (tertiary/aromatic N) is 2. The van der Waals surface area contributed by atoms with Crippen molar-refractivity contribution < 1.29 is 9.90 Å². The molecule has 1 unspecified atom stereocenters. The second-order valence-corrected chi connectivity index (χ2v) is 5.24. The lowest BCUT2D eigenvalue weighted by atomic mass is 9.94. The molecular weight excluding hydrogens is 216 g/mol. The van der Waals surface area contributed by atoms with Crippen molar-refractivity contribution in [2.75, 3.05) is 27.2 Å². The van der Waals surface area contributed by atoms with Gasteiger partial charge in [-0.25, -0.2) is 0 Å². The minimum Gasteiger partial charge on any atom is -0.395 e. The summed E-state index contributed by atoms with van der Waals surface area (Å²) in [6, 6.07) is 0.466. The first kappa shape index (κ1) is 14.5. The summed E-state index contributed by atoms with van der Waals surface area (Å²) in [5.74, 6) is 0.166. The molecule has 1 rings (SSSR count). The molecule has 0 spiro atoms. The number of hydrogen-bond acceptors (Lipinski definition) is 3. The topological polar surface area (TPSA) is 43.8 Å². The van der Waals surface area contributed by atoms with Crippen LogP contribution in [-0.2, 0) is 4.79 Å². The van der Waals surface area contributed by atoms with Gasteiger partial charge < -0.3 is 10.0 Å². The van der Waals surface area contributed by atoms with Crippen molar-refractivity contribution in [1.82, 2.24) is 9.80 Å². The van der Waals surface area contributed by atoms with E-state index in [-0.39, 0.29) is 18.6 Å². The zero-order valence-electron chi connectivity index (χ0n) is 11.4. The molecule has 1 aliphatic rings. The average molecular weight is 242 g/mol. The Hall–Kier alpha value is -0.610. The Morgan fingerprint density at radius 1 is 1.29 bits per heavy atom. The first-order valence-corrected chi connectivity index (χ1v) is 6.63. The van der Waals surface area contributed by atoms with E-state index in [0.717, 1.165) is 12.8 Å². The van der Waals surface area contributed by atoms with E-state index in [9.17, 15) is 4.79 Å². The van der Waals surface area contributed by atoms with E-state index in [2.05, 4.69) is 0 Å². The number of amides is 1. The minimum absolute atomic E-state index is 0.0405. The number of aliphatic hydroxyl groups is 1. The molecule has 1 N–H and O–H groups in total. The van der Waals surface area contributed by atoms with Crippen LogP contribution in [0.4, 0.5) is 0 Å². The summed E-state index contributed by atoms with van der Waals surface area (Å²) in [5.41, 5.74) is 0. The van der Waals surface area contributed by atoms with Crippen LogP contribution in [0.25, 0.3) is 0 Å². The van der Waals surface area contributed by atoms with Gasteiger partial charge >= 0.3 is 0 Å². The maximum Gasteiger partial charge on any atom is 0.236 e. The van der Waals surface area contributed by atoms with Crippen LogP contribution in [0.5, 0.6) is 0 Å². The number of likely N-dealkylation sites (N-methyl/N-ethyl adjacent to an activating group) is 2. The van der Waals surface area contributed by atoms with E-state index in [4.69, 9.17) is 5.11 Å². The van der Waals surface area contributed by atoms with Crippen molar-refractivity contribution in [1.29, 1.82) is 0 Å². The van der Waals surface area contributed by atoms with E-state index in [1.807, 2.05) is 30.8 Å². The molecule has 0 bridgehead atoms. The molecular formula is C13H26N2O2. The maximum absolute atomic E-state index is 12.1. The summed E-state index contributed by atoms with van der Waals surface area (Å²) in [6.45, 7) is 2.42. The van der Waals surface area contributed by atoms with Gasteiger partial charge in [0.05, 0.1) is 13.2 Å². The van der Waals surface area contributed by atoms with Crippen LogP contribution in [0.1, 0.15) is 39.0 Å². The fourth-order valence-corrected chi connectivity index (χ4v) is 2.29. The molecule has 1 amide bonds. The Labute approximate surface area is 105 Å². The molecule has 4 nitrogen and oxygen atoms in total. The lowest BCUT2D eigenvalue weighted by Gasteiger charge is -2.33. The van der Waals surface area contributed by atoms with Crippen molar-refractivity contribution in [2.45, 2.75) is 51.1 Å². The van der Waals surface area contributed by atoms with Gasteiger partial charge in [-0.2, -0.15) is 0 Å². The molecule has 0 radical (unpaired) electrons. The Kier molecular flexibility index (Phi) is 5.92. The van der Waals surface area contributed by atoms with Gasteiger partial charge in [-0.1, -0.05) is 19.3 Å². The Morgan fingerprint density at radius 3 is 2.41 bits per heavy atom. The first-order chi connectivity index (χ1) is 8.06. The van der Waals surface area contributed by atoms with Gasteiger partial charge in [-0.3, -0.25) is 9.69 Å². The molecule has 4 heteroatoms. The lowest BCUT2D eigenvalue weighted by Crippen LogP contribution is -2.45. The summed E-state index contributed by atoms with van der Waals surface area (Å²) < 4.78 is 0. The standard InChI is InChI=1S/C13H26N2O2/c1-11(10-16)14(2)9-13(17)15(3)12-7-5-4-6-8-12/h11-12,16H,4-10H2,1-3H3. The maximum atomic E-state index is 12.1. The molecule has 1 fully saturated rings. The van der Waals surface area contributed by atoms with Crippen LogP contribution in [0.3, 0.4) is 0 Å². The molecule has 1 aliphatic carbocycles. The van der Waals surface area contributed by atoms with Crippen molar-refractivity contribution >= 4 is 5.91 Å². The summed E-state index contributed by atoms with van der Waals surface area (Å²) in [6.07, 6.45) is 6.07. The lowest BCUT2D eigenvalue weighted by molar-refractivity contribution is -0.134. The van der Waals surface area contributed by atoms with Gasteiger partial charge in [0.1, 0.15) is 0 Å². The molecule has 0 aromatic rings. The van der Waals surface area contributed by atoms with Crippen molar-refractivity contribution in [3.8, 4) is 0 Å². The quantitative estimate of drug-likeness (QED) is 0.785. The van der Waals surface area contributed by atoms with Crippen molar-refractivity contribution in [3.05, 3.63) is 0 Å². The smallest absolute Gasteiger partial charge is 0.236 e. The van der Waals surface area contributed by atoms with Crippen LogP contribution in [0, 0.1) is 0 Å². The highest BCUT2D eigenvalue weighted by Gasteiger charge is 2.23. The van der Waals surface area contributed by atoms with E-state index >= 15 is 0 Å². The molecule has 1 saturated carbocycles. The van der Waals surface area contributed by atoms with E-state index in [1.54, 1.807) is 0 Å². The zero-order chi connectivity index (χ0) is 12.8. The predicted octanol–water partition coefficient (Wildman–Crippen LogP) is 1.09. The van der Waals surface area contributed by atoms with Gasteiger partial charge in [0.15, 0.2) is 0 Å². The highest BCUT2D eigenvalue weighted by molar-refractivity contribution is 5.78. The second-order valence-electron chi connectivity index (χ2n) is 5.24. The van der Waals surface area contributed by atoms with Gasteiger partial charge in [0, 0.05) is 19.1 Å². The first-order valence-electron chi connectivity index (χ1n) is 6.63. The largest absolute Gasteiger partial charge is 0.395 e. The summed E-state index contributed by atoms with van der Waals surface area (Å²) in [7, 11) is 3.79. The molecule has 0 aromatic heterocycles. The van der Waals surface area contributed by atoms with E-state index < -0.39 is 0 Å². The number of hydrogen-bond donors (Lipinski definition) is 1. The number of aliphatic hydroxyl groups excluding tert-OH is 1. The fourth-order valence-electron chi connectivity index (χ4n) is 2.29. The molecule has 17 heavy (non-hydrogen) atoms. The fraction of sp³-hybridized carbons (Fsp3) is 0.923. The normalized spacial score (nSPS) is 19.4. The van der Waals surface area contributed by atoms with Crippen LogP contribution in [-0.4, -0.2) is 60.1 Å². The van der Waals surface area contributed by atoms with Crippen LogP contribution >= 0.6 is 0 Å². The molecule has 1 atom stereocenters. The highest BCUT2D eigenvalue weighted by Crippen LogP contribution is 2.21. The Balaban J connectivity index is 2.40. The molecule has 0 saturated heterocycles. The van der Waals surface area contributed by atoms with E-state index in [1.165, 1.54) is 19.3 Å². The molecule has 0 aliphatic heterocycles. The Bertz CT molecular complexity index is 240. The highest BCUT2D eigenvalue weighted by atomic mass is 16.3. The zero-order valence-corrected chi connectivity index (χ0v) is 11.4. The Morgan fingerprint density at radius 2 is 1.88 bits per heavy atom. The third kappa shape index (κ3) is 4.28. The van der Waals surface area contributed by atoms with Gasteiger partial charge in [0.2, 0.25) is 5.91 Å². The monoisotopic (exact) mass is 242 g/mol. The average Bonchev–Trinajstić information content (AvgIpc) is 2.37. The summed E-state index contributed by atoms with van der Waals surface area (Å²) in [4.78, 5) is 15.9. The van der Waals surface area contributed by atoms with Crippen molar-refractivity contribution in [3.63, 3.8) is 0 Å². The van der Waals surface area contributed by atoms with Crippen molar-refractivity contribution in [2.24, 2.45) is 0 Å². The number of rotatable bonds is 5.